The summed E-state index contributed by atoms with van der Waals surface area (Å²) in [7, 11) is 2.02. The van der Waals surface area contributed by atoms with Gasteiger partial charge in [0.25, 0.3) is 0 Å². The molecule has 0 aromatic heterocycles. The zero-order valence-electron chi connectivity index (χ0n) is 15.0. The lowest BCUT2D eigenvalue weighted by Crippen LogP contribution is -2.32. The van der Waals surface area contributed by atoms with Gasteiger partial charge in [0, 0.05) is 18.0 Å². The molecule has 0 aliphatic heterocycles. The van der Waals surface area contributed by atoms with Gasteiger partial charge in [-0.1, -0.05) is 24.3 Å². The number of likely N-dealkylation sites (N-methyl/N-ethyl adjacent to an activating group) is 1. The van der Waals surface area contributed by atoms with Gasteiger partial charge in [0.05, 0.1) is 0 Å². The Bertz CT molecular complexity index is 643. The van der Waals surface area contributed by atoms with Gasteiger partial charge in [-0.15, -0.1) is 11.8 Å². The molecule has 0 aliphatic carbocycles. The van der Waals surface area contributed by atoms with Gasteiger partial charge in [-0.3, -0.25) is 4.90 Å². The van der Waals surface area contributed by atoms with E-state index in [1.165, 1.54) is 10.5 Å². The molecule has 3 nitrogen and oxygen atoms in total. The van der Waals surface area contributed by atoms with E-state index in [9.17, 15) is 5.11 Å². The van der Waals surface area contributed by atoms with E-state index >= 15 is 0 Å². The summed E-state index contributed by atoms with van der Waals surface area (Å²) in [5, 5.41) is 10.2. The van der Waals surface area contributed by atoms with E-state index in [1.54, 1.807) is 11.8 Å². The van der Waals surface area contributed by atoms with Crippen molar-refractivity contribution in [3.05, 3.63) is 59.2 Å². The molecular weight excluding hydrogens is 318 g/mol. The number of aliphatic hydroxyl groups excluding tert-OH is 1. The van der Waals surface area contributed by atoms with Crippen molar-refractivity contribution >= 4 is 11.8 Å². The maximum absolute atomic E-state index is 10.2. The first-order valence-corrected chi connectivity index (χ1v) is 9.40. The summed E-state index contributed by atoms with van der Waals surface area (Å²) >= 11 is 1.74. The quantitative estimate of drug-likeness (QED) is 0.736. The van der Waals surface area contributed by atoms with Gasteiger partial charge >= 0.3 is 0 Å². The predicted molar refractivity (Wildman–Crippen MR) is 102 cm³/mol. The molecule has 1 unspecified atom stereocenters. The van der Waals surface area contributed by atoms with Crippen molar-refractivity contribution < 1.29 is 9.84 Å². The van der Waals surface area contributed by atoms with Gasteiger partial charge < -0.3 is 9.84 Å². The highest BCUT2D eigenvalue weighted by molar-refractivity contribution is 7.98. The van der Waals surface area contributed by atoms with Crippen LogP contribution in [0.5, 0.6) is 5.75 Å². The minimum absolute atomic E-state index is 0.306. The topological polar surface area (TPSA) is 32.7 Å². The standard InChI is InChI=1S/C20H27NO2S/c1-15-5-6-16(2)20(11-15)23-14-18(22)13-21(3)12-17-7-9-19(24-4)10-8-17/h5-11,18,22H,12-14H2,1-4H3. The predicted octanol–water partition coefficient (Wildman–Crippen LogP) is 3.90. The summed E-state index contributed by atoms with van der Waals surface area (Å²) in [6, 6.07) is 14.7. The molecule has 0 amide bonds. The first-order valence-electron chi connectivity index (χ1n) is 8.17. The van der Waals surface area contributed by atoms with E-state index in [1.807, 2.05) is 33.0 Å². The molecule has 0 saturated carbocycles. The molecule has 2 aromatic carbocycles. The Morgan fingerprint density at radius 1 is 1.12 bits per heavy atom. The number of hydrogen-bond acceptors (Lipinski definition) is 4. The van der Waals surface area contributed by atoms with E-state index in [0.29, 0.717) is 13.2 Å². The number of ether oxygens (including phenoxy) is 1. The maximum atomic E-state index is 10.2. The van der Waals surface area contributed by atoms with E-state index in [4.69, 9.17) is 4.74 Å². The fourth-order valence-electron chi connectivity index (χ4n) is 2.57. The van der Waals surface area contributed by atoms with Crippen molar-refractivity contribution in [1.29, 1.82) is 0 Å². The Balaban J connectivity index is 1.80. The number of nitrogens with zero attached hydrogens (tertiary/aromatic N) is 1. The zero-order chi connectivity index (χ0) is 17.5. The van der Waals surface area contributed by atoms with Crippen LogP contribution in [0, 0.1) is 13.8 Å². The van der Waals surface area contributed by atoms with Gasteiger partial charge in [0.2, 0.25) is 0 Å². The molecule has 4 heteroatoms. The normalized spacial score (nSPS) is 12.4. The Kier molecular flexibility index (Phi) is 7.16. The lowest BCUT2D eigenvalue weighted by atomic mass is 10.1. The summed E-state index contributed by atoms with van der Waals surface area (Å²) < 4.78 is 5.78. The fraction of sp³-hybridized carbons (Fsp3) is 0.400. The van der Waals surface area contributed by atoms with E-state index in [0.717, 1.165) is 23.4 Å². The zero-order valence-corrected chi connectivity index (χ0v) is 15.8. The van der Waals surface area contributed by atoms with Crippen LogP contribution < -0.4 is 4.74 Å². The maximum Gasteiger partial charge on any atom is 0.122 e. The lowest BCUT2D eigenvalue weighted by molar-refractivity contribution is 0.0741. The van der Waals surface area contributed by atoms with Crippen LogP contribution in [0.3, 0.4) is 0 Å². The van der Waals surface area contributed by atoms with Crippen molar-refractivity contribution in [2.45, 2.75) is 31.4 Å². The Morgan fingerprint density at radius 3 is 2.50 bits per heavy atom. The molecule has 2 rings (SSSR count). The molecule has 0 aliphatic rings. The number of hydrogen-bond donors (Lipinski definition) is 1. The number of aryl methyl sites for hydroxylation is 2. The molecule has 130 valence electrons. The van der Waals surface area contributed by atoms with Crippen molar-refractivity contribution in [2.24, 2.45) is 0 Å². The van der Waals surface area contributed by atoms with Crippen molar-refractivity contribution in [3.8, 4) is 5.75 Å². The van der Waals surface area contributed by atoms with Gasteiger partial charge in [-0.05, 0) is 62.0 Å². The van der Waals surface area contributed by atoms with Gasteiger partial charge in [0.15, 0.2) is 0 Å². The van der Waals surface area contributed by atoms with Crippen LogP contribution in [-0.4, -0.2) is 42.6 Å². The van der Waals surface area contributed by atoms with E-state index < -0.39 is 6.10 Å². The van der Waals surface area contributed by atoms with Crippen molar-refractivity contribution in [2.75, 3.05) is 26.5 Å². The number of benzene rings is 2. The van der Waals surface area contributed by atoms with E-state index in [-0.39, 0.29) is 0 Å². The second kappa shape index (κ2) is 9.11. The van der Waals surface area contributed by atoms with Crippen LogP contribution in [-0.2, 0) is 6.54 Å². The third-order valence-electron chi connectivity index (χ3n) is 3.91. The van der Waals surface area contributed by atoms with Gasteiger partial charge in [-0.25, -0.2) is 0 Å². The minimum Gasteiger partial charge on any atom is -0.491 e. The summed E-state index contributed by atoms with van der Waals surface area (Å²) in [6.45, 7) is 5.76. The third-order valence-corrected chi connectivity index (χ3v) is 4.65. The average Bonchev–Trinajstić information content (AvgIpc) is 2.56. The number of thioether (sulfide) groups is 1. The first kappa shape index (κ1) is 18.8. The lowest BCUT2D eigenvalue weighted by Gasteiger charge is -2.21. The molecule has 24 heavy (non-hydrogen) atoms. The van der Waals surface area contributed by atoms with Gasteiger partial charge in [0.1, 0.15) is 18.5 Å². The molecule has 0 saturated heterocycles. The highest BCUT2D eigenvalue weighted by atomic mass is 32.2. The SMILES string of the molecule is CSc1ccc(CN(C)CC(O)COc2cc(C)ccc2C)cc1. The molecular formula is C20H27NO2S. The third kappa shape index (κ3) is 5.86. The Labute approximate surface area is 149 Å². The smallest absolute Gasteiger partial charge is 0.122 e. The summed E-state index contributed by atoms with van der Waals surface area (Å²) in [4.78, 5) is 3.38. The molecule has 0 spiro atoms. The van der Waals surface area contributed by atoms with E-state index in [2.05, 4.69) is 41.5 Å². The molecule has 1 atom stereocenters. The van der Waals surface area contributed by atoms with Crippen LogP contribution in [0.25, 0.3) is 0 Å². The van der Waals surface area contributed by atoms with Crippen LogP contribution >= 0.6 is 11.8 Å². The van der Waals surface area contributed by atoms with Crippen molar-refractivity contribution in [1.82, 2.24) is 4.90 Å². The molecule has 0 radical (unpaired) electrons. The van der Waals surface area contributed by atoms with Crippen molar-refractivity contribution in [3.63, 3.8) is 0 Å². The largest absolute Gasteiger partial charge is 0.491 e. The highest BCUT2D eigenvalue weighted by Crippen LogP contribution is 2.19. The van der Waals surface area contributed by atoms with Crippen LogP contribution in [0.15, 0.2) is 47.4 Å². The summed E-state index contributed by atoms with van der Waals surface area (Å²) in [5.41, 5.74) is 3.50. The molecule has 0 fully saturated rings. The van der Waals surface area contributed by atoms with Crippen LogP contribution in [0.2, 0.25) is 0 Å². The number of rotatable bonds is 8. The molecule has 2 aromatic rings. The molecule has 0 bridgehead atoms. The Hall–Kier alpha value is -1.49. The van der Waals surface area contributed by atoms with Gasteiger partial charge in [-0.2, -0.15) is 0 Å². The minimum atomic E-state index is -0.514. The monoisotopic (exact) mass is 345 g/mol. The summed E-state index contributed by atoms with van der Waals surface area (Å²) in [6.07, 6.45) is 1.56. The fourth-order valence-corrected chi connectivity index (χ4v) is 2.98. The number of aliphatic hydroxyl groups is 1. The van der Waals surface area contributed by atoms with Crippen LogP contribution in [0.4, 0.5) is 0 Å². The average molecular weight is 346 g/mol. The Morgan fingerprint density at radius 2 is 1.83 bits per heavy atom. The second-order valence-electron chi connectivity index (χ2n) is 6.28. The molecule has 0 heterocycles. The van der Waals surface area contributed by atoms with Crippen LogP contribution in [0.1, 0.15) is 16.7 Å². The second-order valence-corrected chi connectivity index (χ2v) is 7.16. The molecule has 1 N–H and O–H groups in total. The first-order chi connectivity index (χ1) is 11.5. The highest BCUT2D eigenvalue weighted by Gasteiger charge is 2.11. The summed E-state index contributed by atoms with van der Waals surface area (Å²) in [5.74, 6) is 0.851.